The molecule has 2 rings (SSSR count). The zero-order chi connectivity index (χ0) is 18.2. The van der Waals surface area contributed by atoms with Crippen LogP contribution in [-0.4, -0.2) is 19.0 Å². The van der Waals surface area contributed by atoms with E-state index in [0.29, 0.717) is 0 Å². The van der Waals surface area contributed by atoms with E-state index < -0.39 is 18.0 Å². The van der Waals surface area contributed by atoms with E-state index in [1.54, 1.807) is 6.92 Å². The number of hydrogen-bond acceptors (Lipinski definition) is 4. The zero-order valence-electron chi connectivity index (χ0n) is 14.9. The molecule has 0 aliphatic heterocycles. The van der Waals surface area contributed by atoms with Gasteiger partial charge in [-0.05, 0) is 11.1 Å². The maximum atomic E-state index is 12.7. The first-order chi connectivity index (χ1) is 12.0. The minimum Gasteiger partial charge on any atom is -0.469 e. The van der Waals surface area contributed by atoms with E-state index in [0.717, 1.165) is 11.1 Å². The lowest BCUT2D eigenvalue weighted by Crippen LogP contribution is -2.38. The van der Waals surface area contributed by atoms with Gasteiger partial charge in [0.25, 0.3) is 0 Å². The third-order valence-electron chi connectivity index (χ3n) is 4.25. The summed E-state index contributed by atoms with van der Waals surface area (Å²) in [5.74, 6) is -1.02. The van der Waals surface area contributed by atoms with Crippen molar-refractivity contribution in [3.63, 3.8) is 0 Å². The largest absolute Gasteiger partial charge is 0.469 e. The molecule has 1 amide bonds. The minimum absolute atomic E-state index is 0. The van der Waals surface area contributed by atoms with Crippen LogP contribution in [0.15, 0.2) is 60.7 Å². The van der Waals surface area contributed by atoms with E-state index in [9.17, 15) is 9.59 Å². The Bertz CT molecular complexity index is 695. The van der Waals surface area contributed by atoms with E-state index in [1.807, 2.05) is 60.7 Å². The Morgan fingerprint density at radius 1 is 1.00 bits per heavy atom. The number of carbonyl (C=O) groups is 2. The van der Waals surface area contributed by atoms with Crippen LogP contribution in [0.5, 0.6) is 0 Å². The second-order valence-corrected chi connectivity index (χ2v) is 5.98. The van der Waals surface area contributed by atoms with E-state index in [4.69, 9.17) is 10.5 Å². The van der Waals surface area contributed by atoms with Crippen molar-refractivity contribution in [3.8, 4) is 0 Å². The molecule has 0 saturated carbocycles. The van der Waals surface area contributed by atoms with Gasteiger partial charge in [0.1, 0.15) is 0 Å². The van der Waals surface area contributed by atoms with Crippen LogP contribution in [0.25, 0.3) is 0 Å². The number of halogens is 1. The van der Waals surface area contributed by atoms with Crippen LogP contribution in [0.4, 0.5) is 0 Å². The average molecular weight is 377 g/mol. The highest BCUT2D eigenvalue weighted by atomic mass is 35.5. The number of carbonyl (C=O) groups excluding carboxylic acids is 2. The van der Waals surface area contributed by atoms with Crippen LogP contribution in [0.3, 0.4) is 0 Å². The molecule has 2 aromatic rings. The molecule has 0 radical (unpaired) electrons. The molecule has 0 aromatic heterocycles. The molecule has 3 N–H and O–H groups in total. The molecule has 0 fully saturated rings. The van der Waals surface area contributed by atoms with Gasteiger partial charge in [0, 0.05) is 6.04 Å². The van der Waals surface area contributed by atoms with Crippen LogP contribution in [-0.2, 0) is 14.3 Å². The topological polar surface area (TPSA) is 81.4 Å². The molecule has 0 aliphatic carbocycles. The first-order valence-corrected chi connectivity index (χ1v) is 8.25. The molecule has 140 valence electrons. The lowest BCUT2D eigenvalue weighted by molar-refractivity contribution is -0.141. The van der Waals surface area contributed by atoms with Gasteiger partial charge < -0.3 is 15.8 Å². The number of hydrogen-bond donors (Lipinski definition) is 2. The molecule has 0 spiro atoms. The molecule has 2 aromatic carbocycles. The van der Waals surface area contributed by atoms with E-state index in [2.05, 4.69) is 5.32 Å². The van der Waals surface area contributed by atoms with Gasteiger partial charge >= 0.3 is 5.97 Å². The number of amides is 1. The summed E-state index contributed by atoms with van der Waals surface area (Å²) in [7, 11) is 1.33. The summed E-state index contributed by atoms with van der Waals surface area (Å²) >= 11 is 0. The Morgan fingerprint density at radius 3 is 2.00 bits per heavy atom. The first kappa shape index (κ1) is 21.7. The van der Waals surface area contributed by atoms with Gasteiger partial charge in [-0.1, -0.05) is 67.6 Å². The standard InChI is InChI=1S/C20H24N2O3.ClH/c1-14(19(21)16-11-7-4-8-12-16)20(24)22-17(13-18(23)25-2)15-9-5-3-6-10-15;/h3-12,14,17,19H,13,21H2,1-2H3,(H,22,24);1H. The Balaban J connectivity index is 0.00000338. The van der Waals surface area contributed by atoms with Crippen molar-refractivity contribution < 1.29 is 14.3 Å². The van der Waals surface area contributed by atoms with Crippen LogP contribution in [0, 0.1) is 5.92 Å². The zero-order valence-corrected chi connectivity index (χ0v) is 15.7. The van der Waals surface area contributed by atoms with E-state index >= 15 is 0 Å². The molecule has 0 heterocycles. The number of benzene rings is 2. The predicted molar refractivity (Wildman–Crippen MR) is 104 cm³/mol. The Kier molecular flexibility index (Phi) is 8.82. The second-order valence-electron chi connectivity index (χ2n) is 5.98. The van der Waals surface area contributed by atoms with E-state index in [-0.39, 0.29) is 30.7 Å². The SMILES string of the molecule is COC(=O)CC(NC(=O)C(C)C(N)c1ccccc1)c1ccccc1.Cl. The highest BCUT2D eigenvalue weighted by Crippen LogP contribution is 2.22. The van der Waals surface area contributed by atoms with Crippen molar-refractivity contribution in [1.29, 1.82) is 0 Å². The van der Waals surface area contributed by atoms with Crippen LogP contribution >= 0.6 is 12.4 Å². The number of methoxy groups -OCH3 is 1. The van der Waals surface area contributed by atoms with Crippen molar-refractivity contribution in [2.45, 2.75) is 25.4 Å². The molecule has 6 heteroatoms. The van der Waals surface area contributed by atoms with Crippen molar-refractivity contribution in [2.75, 3.05) is 7.11 Å². The number of rotatable bonds is 7. The summed E-state index contributed by atoms with van der Waals surface area (Å²) in [4.78, 5) is 24.4. The highest BCUT2D eigenvalue weighted by Gasteiger charge is 2.26. The van der Waals surface area contributed by atoms with Gasteiger partial charge in [-0.25, -0.2) is 0 Å². The third-order valence-corrected chi connectivity index (χ3v) is 4.25. The van der Waals surface area contributed by atoms with Gasteiger partial charge in [-0.15, -0.1) is 12.4 Å². The van der Waals surface area contributed by atoms with Crippen LogP contribution in [0.2, 0.25) is 0 Å². The fourth-order valence-corrected chi connectivity index (χ4v) is 2.62. The maximum absolute atomic E-state index is 12.7. The lowest BCUT2D eigenvalue weighted by Gasteiger charge is -2.24. The molecular formula is C20H25ClN2O3. The van der Waals surface area contributed by atoms with Crippen molar-refractivity contribution in [2.24, 2.45) is 11.7 Å². The summed E-state index contributed by atoms with van der Waals surface area (Å²) in [5.41, 5.74) is 7.98. The Hall–Kier alpha value is -2.37. The molecule has 0 bridgehead atoms. The second kappa shape index (κ2) is 10.6. The summed E-state index contributed by atoms with van der Waals surface area (Å²) in [6.07, 6.45) is 0.0690. The summed E-state index contributed by atoms with van der Waals surface area (Å²) in [6, 6.07) is 18.0. The quantitative estimate of drug-likeness (QED) is 0.727. The monoisotopic (exact) mass is 376 g/mol. The third kappa shape index (κ3) is 5.86. The van der Waals surface area contributed by atoms with Crippen molar-refractivity contribution in [3.05, 3.63) is 71.8 Å². The lowest BCUT2D eigenvalue weighted by atomic mass is 9.93. The average Bonchev–Trinajstić information content (AvgIpc) is 2.67. The summed E-state index contributed by atoms with van der Waals surface area (Å²) < 4.78 is 4.75. The minimum atomic E-state index is -0.452. The Morgan fingerprint density at radius 2 is 1.50 bits per heavy atom. The number of nitrogens with two attached hydrogens (primary N) is 1. The number of nitrogens with one attached hydrogen (secondary N) is 1. The van der Waals surface area contributed by atoms with E-state index in [1.165, 1.54) is 7.11 Å². The molecule has 26 heavy (non-hydrogen) atoms. The van der Waals surface area contributed by atoms with Crippen molar-refractivity contribution in [1.82, 2.24) is 5.32 Å². The van der Waals surface area contributed by atoms with Gasteiger partial charge in [0.15, 0.2) is 0 Å². The van der Waals surface area contributed by atoms with Gasteiger partial charge in [-0.2, -0.15) is 0 Å². The molecule has 0 saturated heterocycles. The normalized spacial score (nSPS) is 13.7. The fraction of sp³-hybridized carbons (Fsp3) is 0.300. The van der Waals surface area contributed by atoms with Crippen molar-refractivity contribution >= 4 is 24.3 Å². The summed E-state index contributed by atoms with van der Waals surface area (Å²) in [5, 5.41) is 2.93. The van der Waals surface area contributed by atoms with Gasteiger partial charge in [0.05, 0.1) is 25.5 Å². The molecule has 3 unspecified atom stereocenters. The van der Waals surface area contributed by atoms with Crippen LogP contribution in [0.1, 0.15) is 36.6 Å². The maximum Gasteiger partial charge on any atom is 0.307 e. The number of esters is 1. The summed E-state index contributed by atoms with van der Waals surface area (Å²) in [6.45, 7) is 1.78. The van der Waals surface area contributed by atoms with Crippen LogP contribution < -0.4 is 11.1 Å². The first-order valence-electron chi connectivity index (χ1n) is 8.25. The van der Waals surface area contributed by atoms with Gasteiger partial charge in [0.2, 0.25) is 5.91 Å². The fourth-order valence-electron chi connectivity index (χ4n) is 2.62. The highest BCUT2D eigenvalue weighted by molar-refractivity contribution is 5.85. The van der Waals surface area contributed by atoms with Gasteiger partial charge in [-0.3, -0.25) is 9.59 Å². The number of ether oxygens (including phenoxy) is 1. The molecule has 5 nitrogen and oxygen atoms in total. The molecular weight excluding hydrogens is 352 g/mol. The molecule has 3 atom stereocenters. The predicted octanol–water partition coefficient (Wildman–Crippen LogP) is 3.16. The molecule has 0 aliphatic rings. The smallest absolute Gasteiger partial charge is 0.307 e. The Labute approximate surface area is 160 Å².